The van der Waals surface area contributed by atoms with Crippen LogP contribution in [0.5, 0.6) is 5.75 Å². The molecule has 0 aliphatic carbocycles. The van der Waals surface area contributed by atoms with Crippen LogP contribution in [0.1, 0.15) is 9.67 Å². The summed E-state index contributed by atoms with van der Waals surface area (Å²) in [6.07, 6.45) is 0. The van der Waals surface area contributed by atoms with Crippen LogP contribution in [0.2, 0.25) is 15.1 Å². The van der Waals surface area contributed by atoms with Crippen molar-refractivity contribution >= 4 is 67.8 Å². The smallest absolute Gasteiger partial charge is 0.267 e. The Morgan fingerprint density at radius 2 is 1.78 bits per heavy atom. The van der Waals surface area contributed by atoms with Crippen molar-refractivity contribution in [1.29, 1.82) is 0 Å². The second-order valence-corrected chi connectivity index (χ2v) is 7.02. The number of halogens is 3. The molecule has 0 atom stereocenters. The number of carbonyl (C=O) groups is 1. The number of fused-ring (bicyclic) bond motifs is 1. The maximum Gasteiger partial charge on any atom is 0.267 e. The molecular weight excluding hydrogens is 377 g/mol. The molecule has 118 valence electrons. The van der Waals surface area contributed by atoms with Crippen molar-refractivity contribution in [3.8, 4) is 5.75 Å². The molecule has 3 nitrogen and oxygen atoms in total. The molecule has 3 aromatic rings. The minimum atomic E-state index is -0.312. The van der Waals surface area contributed by atoms with E-state index in [-0.39, 0.29) is 5.91 Å². The third-order valence-corrected chi connectivity index (χ3v) is 5.27. The second kappa shape index (κ2) is 6.57. The number of benzene rings is 2. The molecule has 3 rings (SSSR count). The first-order chi connectivity index (χ1) is 11.0. The molecule has 1 amide bonds. The van der Waals surface area contributed by atoms with Gasteiger partial charge in [0.05, 0.1) is 12.1 Å². The van der Waals surface area contributed by atoms with Gasteiger partial charge >= 0.3 is 0 Å². The summed E-state index contributed by atoms with van der Waals surface area (Å²) < 4.78 is 6.09. The van der Waals surface area contributed by atoms with Crippen LogP contribution < -0.4 is 10.1 Å². The average Bonchev–Trinajstić information content (AvgIpc) is 2.83. The zero-order valence-electron chi connectivity index (χ0n) is 11.8. The molecule has 7 heteroatoms. The van der Waals surface area contributed by atoms with Gasteiger partial charge in [0, 0.05) is 25.8 Å². The molecule has 0 bridgehead atoms. The summed E-state index contributed by atoms with van der Waals surface area (Å²) in [5.74, 6) is 0.374. The summed E-state index contributed by atoms with van der Waals surface area (Å²) in [6.45, 7) is 0. The molecule has 0 saturated heterocycles. The minimum absolute atomic E-state index is 0.312. The molecule has 23 heavy (non-hydrogen) atoms. The first-order valence-electron chi connectivity index (χ1n) is 6.51. The van der Waals surface area contributed by atoms with Crippen LogP contribution in [0.4, 0.5) is 5.69 Å². The Morgan fingerprint density at radius 1 is 1.09 bits per heavy atom. The van der Waals surface area contributed by atoms with Gasteiger partial charge in [-0.2, -0.15) is 0 Å². The first-order valence-corrected chi connectivity index (χ1v) is 8.46. The zero-order valence-corrected chi connectivity index (χ0v) is 14.9. The number of rotatable bonds is 3. The first kappa shape index (κ1) is 16.4. The highest BCUT2D eigenvalue weighted by atomic mass is 35.5. The van der Waals surface area contributed by atoms with Crippen molar-refractivity contribution in [3.05, 3.63) is 56.3 Å². The monoisotopic (exact) mass is 385 g/mol. The van der Waals surface area contributed by atoms with E-state index in [4.69, 9.17) is 39.5 Å². The standard InChI is InChI=1S/C16H10Cl3NO2S/c1-22-11-2-3-13-12(7-11)14(19)15(23-13)16(21)20-10-5-8(17)4-9(18)6-10/h2-7H,1H3,(H,20,21). The van der Waals surface area contributed by atoms with Gasteiger partial charge in [-0.05, 0) is 36.4 Å². The summed E-state index contributed by atoms with van der Waals surface area (Å²) in [6, 6.07) is 10.3. The Bertz CT molecular complexity index is 887. The van der Waals surface area contributed by atoms with Crippen molar-refractivity contribution in [3.63, 3.8) is 0 Å². The van der Waals surface area contributed by atoms with E-state index in [2.05, 4.69) is 5.32 Å². The highest BCUT2D eigenvalue weighted by molar-refractivity contribution is 7.21. The molecule has 1 heterocycles. The van der Waals surface area contributed by atoms with Gasteiger partial charge in [0.1, 0.15) is 10.6 Å². The number of thiophene rings is 1. The Kier molecular flexibility index (Phi) is 4.69. The van der Waals surface area contributed by atoms with Gasteiger partial charge in [0.15, 0.2) is 0 Å². The van der Waals surface area contributed by atoms with Crippen LogP contribution in [-0.4, -0.2) is 13.0 Å². The summed E-state index contributed by atoms with van der Waals surface area (Å²) in [7, 11) is 1.58. The summed E-state index contributed by atoms with van der Waals surface area (Å²) in [5.41, 5.74) is 0.513. The van der Waals surface area contributed by atoms with Gasteiger partial charge < -0.3 is 10.1 Å². The van der Waals surface area contributed by atoms with Gasteiger partial charge in [-0.15, -0.1) is 11.3 Å². The van der Waals surface area contributed by atoms with E-state index in [1.54, 1.807) is 31.4 Å². The maximum atomic E-state index is 12.5. The van der Waals surface area contributed by atoms with Crippen LogP contribution in [0.3, 0.4) is 0 Å². The van der Waals surface area contributed by atoms with E-state index in [1.165, 1.54) is 11.3 Å². The van der Waals surface area contributed by atoms with E-state index in [0.29, 0.717) is 31.4 Å². The molecule has 0 unspecified atom stereocenters. The van der Waals surface area contributed by atoms with Crippen LogP contribution in [0.15, 0.2) is 36.4 Å². The van der Waals surface area contributed by atoms with Crippen LogP contribution >= 0.6 is 46.1 Å². The molecule has 0 aliphatic rings. The quantitative estimate of drug-likeness (QED) is 0.588. The van der Waals surface area contributed by atoms with E-state index in [9.17, 15) is 4.79 Å². The number of ether oxygens (including phenoxy) is 1. The van der Waals surface area contributed by atoms with Gasteiger partial charge in [-0.3, -0.25) is 4.79 Å². The number of methoxy groups -OCH3 is 1. The lowest BCUT2D eigenvalue weighted by Gasteiger charge is -2.05. The van der Waals surface area contributed by atoms with Crippen molar-refractivity contribution < 1.29 is 9.53 Å². The summed E-state index contributed by atoms with van der Waals surface area (Å²) in [5, 5.41) is 4.83. The largest absolute Gasteiger partial charge is 0.497 e. The number of anilines is 1. The van der Waals surface area contributed by atoms with E-state index in [1.807, 2.05) is 12.1 Å². The van der Waals surface area contributed by atoms with Crippen molar-refractivity contribution in [2.45, 2.75) is 0 Å². The lowest BCUT2D eigenvalue weighted by molar-refractivity contribution is 0.103. The third-order valence-electron chi connectivity index (χ3n) is 3.16. The molecule has 2 aromatic carbocycles. The topological polar surface area (TPSA) is 38.3 Å². The highest BCUT2D eigenvalue weighted by Gasteiger charge is 2.18. The van der Waals surface area contributed by atoms with Crippen LogP contribution in [0, 0.1) is 0 Å². The molecule has 0 spiro atoms. The Balaban J connectivity index is 1.96. The molecule has 0 fully saturated rings. The van der Waals surface area contributed by atoms with E-state index >= 15 is 0 Å². The number of hydrogen-bond donors (Lipinski definition) is 1. The summed E-state index contributed by atoms with van der Waals surface area (Å²) >= 11 is 19.5. The van der Waals surface area contributed by atoms with Crippen LogP contribution in [-0.2, 0) is 0 Å². The number of hydrogen-bond acceptors (Lipinski definition) is 3. The van der Waals surface area contributed by atoms with Crippen molar-refractivity contribution in [1.82, 2.24) is 0 Å². The van der Waals surface area contributed by atoms with Gasteiger partial charge in [-0.25, -0.2) is 0 Å². The summed E-state index contributed by atoms with van der Waals surface area (Å²) in [4.78, 5) is 12.9. The molecular formula is C16H10Cl3NO2S. The predicted octanol–water partition coefficient (Wildman–Crippen LogP) is 6.12. The van der Waals surface area contributed by atoms with Gasteiger partial charge in [0.25, 0.3) is 5.91 Å². The van der Waals surface area contributed by atoms with Gasteiger partial charge in [-0.1, -0.05) is 34.8 Å². The van der Waals surface area contributed by atoms with Gasteiger partial charge in [0.2, 0.25) is 0 Å². The fourth-order valence-electron chi connectivity index (χ4n) is 2.13. The fraction of sp³-hybridized carbons (Fsp3) is 0.0625. The Labute approximate surface area is 151 Å². The minimum Gasteiger partial charge on any atom is -0.497 e. The van der Waals surface area contributed by atoms with E-state index in [0.717, 1.165) is 10.1 Å². The normalized spacial score (nSPS) is 10.8. The zero-order chi connectivity index (χ0) is 16.6. The van der Waals surface area contributed by atoms with Crippen molar-refractivity contribution in [2.75, 3.05) is 12.4 Å². The second-order valence-electron chi connectivity index (χ2n) is 4.72. The van der Waals surface area contributed by atoms with Crippen LogP contribution in [0.25, 0.3) is 10.1 Å². The SMILES string of the molecule is COc1ccc2sc(C(=O)Nc3cc(Cl)cc(Cl)c3)c(Cl)c2c1. The maximum absolute atomic E-state index is 12.5. The fourth-order valence-corrected chi connectivity index (χ4v) is 4.04. The highest BCUT2D eigenvalue weighted by Crippen LogP contribution is 2.37. The predicted molar refractivity (Wildman–Crippen MR) is 97.8 cm³/mol. The number of carbonyl (C=O) groups excluding carboxylic acids is 1. The number of amides is 1. The number of nitrogens with one attached hydrogen (secondary N) is 1. The molecule has 0 radical (unpaired) electrons. The lowest BCUT2D eigenvalue weighted by atomic mass is 10.2. The molecule has 1 N–H and O–H groups in total. The van der Waals surface area contributed by atoms with E-state index < -0.39 is 0 Å². The molecule has 0 aliphatic heterocycles. The molecule has 0 saturated carbocycles. The van der Waals surface area contributed by atoms with Crippen molar-refractivity contribution in [2.24, 2.45) is 0 Å². The molecule has 1 aromatic heterocycles. The lowest BCUT2D eigenvalue weighted by Crippen LogP contribution is -2.10. The third kappa shape index (κ3) is 3.40. The Hall–Kier alpha value is -1.46. The Morgan fingerprint density at radius 3 is 2.43 bits per heavy atom. The average molecular weight is 387 g/mol.